The fourth-order valence-corrected chi connectivity index (χ4v) is 1.79. The lowest BCUT2D eigenvalue weighted by molar-refractivity contribution is 0.107. The molecule has 1 aliphatic rings. The van der Waals surface area contributed by atoms with Crippen LogP contribution in [0, 0.1) is 5.92 Å². The van der Waals surface area contributed by atoms with E-state index in [-0.39, 0.29) is 0 Å². The highest BCUT2D eigenvalue weighted by Crippen LogP contribution is 2.25. The Morgan fingerprint density at radius 1 is 1.31 bits per heavy atom. The molecule has 0 amide bonds. The van der Waals surface area contributed by atoms with Gasteiger partial charge in [0.2, 0.25) is 0 Å². The van der Waals surface area contributed by atoms with Crippen molar-refractivity contribution in [3.63, 3.8) is 0 Å². The third kappa shape index (κ3) is 3.95. The van der Waals surface area contributed by atoms with Gasteiger partial charge in [0.15, 0.2) is 0 Å². The van der Waals surface area contributed by atoms with E-state index in [4.69, 9.17) is 0 Å². The average Bonchev–Trinajstić information content (AvgIpc) is 2.17. The summed E-state index contributed by atoms with van der Waals surface area (Å²) in [7, 11) is 0. The lowest BCUT2D eigenvalue weighted by Crippen LogP contribution is -2.19. The molecule has 1 fully saturated rings. The van der Waals surface area contributed by atoms with Crippen LogP contribution in [-0.2, 0) is 0 Å². The maximum Gasteiger partial charge on any atom is 0.0797 e. The van der Waals surface area contributed by atoms with Crippen LogP contribution in [0.25, 0.3) is 0 Å². The van der Waals surface area contributed by atoms with Crippen LogP contribution in [0.5, 0.6) is 0 Å². The van der Waals surface area contributed by atoms with Crippen molar-refractivity contribution in [2.45, 2.75) is 58.0 Å². The number of hydrogen-bond acceptors (Lipinski definition) is 1. The molecule has 0 bridgehead atoms. The standard InChI is InChI=1S/C12H22O/c1-3-12(2,13)10-9-11-7-5-4-6-8-11/h9-11,13H,3-8H2,1-2H3. The molecule has 0 radical (unpaired) electrons. The van der Waals surface area contributed by atoms with Crippen molar-refractivity contribution in [3.8, 4) is 0 Å². The molecule has 0 heterocycles. The van der Waals surface area contributed by atoms with Crippen molar-refractivity contribution in [1.82, 2.24) is 0 Å². The Hall–Kier alpha value is -0.300. The second-order valence-electron chi connectivity index (χ2n) is 4.47. The Morgan fingerprint density at radius 2 is 1.92 bits per heavy atom. The maximum atomic E-state index is 9.77. The smallest absolute Gasteiger partial charge is 0.0797 e. The van der Waals surface area contributed by atoms with Crippen LogP contribution >= 0.6 is 0 Å². The summed E-state index contributed by atoms with van der Waals surface area (Å²) in [5.41, 5.74) is -0.586. The van der Waals surface area contributed by atoms with Gasteiger partial charge in [-0.2, -0.15) is 0 Å². The number of allylic oxidation sites excluding steroid dienone is 1. The molecule has 13 heavy (non-hydrogen) atoms. The first-order chi connectivity index (χ1) is 6.14. The fraction of sp³-hybridized carbons (Fsp3) is 0.833. The molecule has 1 nitrogen and oxygen atoms in total. The zero-order chi connectivity index (χ0) is 9.73. The van der Waals surface area contributed by atoms with E-state index >= 15 is 0 Å². The highest BCUT2D eigenvalue weighted by atomic mass is 16.3. The second-order valence-corrected chi connectivity index (χ2v) is 4.47. The average molecular weight is 182 g/mol. The van der Waals surface area contributed by atoms with E-state index < -0.39 is 5.60 Å². The SMILES string of the molecule is CCC(C)(O)C=CC1CCCCC1. The number of rotatable bonds is 3. The Morgan fingerprint density at radius 3 is 2.46 bits per heavy atom. The van der Waals surface area contributed by atoms with Gasteiger partial charge in [-0.05, 0) is 32.1 Å². The van der Waals surface area contributed by atoms with Gasteiger partial charge < -0.3 is 5.11 Å². The zero-order valence-corrected chi connectivity index (χ0v) is 8.92. The number of hydrogen-bond donors (Lipinski definition) is 1. The first-order valence-corrected chi connectivity index (χ1v) is 5.56. The molecule has 0 aromatic heterocycles. The van der Waals surface area contributed by atoms with Gasteiger partial charge in [-0.15, -0.1) is 0 Å². The van der Waals surface area contributed by atoms with Crippen molar-refractivity contribution in [2.24, 2.45) is 5.92 Å². The third-order valence-corrected chi connectivity index (χ3v) is 3.09. The van der Waals surface area contributed by atoms with E-state index in [1.807, 2.05) is 19.9 Å². The van der Waals surface area contributed by atoms with Crippen molar-refractivity contribution >= 4 is 0 Å². The van der Waals surface area contributed by atoms with Crippen molar-refractivity contribution in [1.29, 1.82) is 0 Å². The molecule has 1 saturated carbocycles. The summed E-state index contributed by atoms with van der Waals surface area (Å²) in [5.74, 6) is 0.728. The van der Waals surface area contributed by atoms with Gasteiger partial charge in [-0.1, -0.05) is 38.3 Å². The molecule has 1 atom stereocenters. The van der Waals surface area contributed by atoms with Crippen molar-refractivity contribution < 1.29 is 5.11 Å². The summed E-state index contributed by atoms with van der Waals surface area (Å²) in [6.07, 6.45) is 11.8. The summed E-state index contributed by atoms with van der Waals surface area (Å²) in [4.78, 5) is 0. The van der Waals surface area contributed by atoms with Gasteiger partial charge in [0, 0.05) is 0 Å². The van der Waals surface area contributed by atoms with E-state index in [0.29, 0.717) is 0 Å². The minimum Gasteiger partial charge on any atom is -0.386 e. The molecule has 1 rings (SSSR count). The first kappa shape index (κ1) is 10.8. The fourth-order valence-electron chi connectivity index (χ4n) is 1.79. The van der Waals surface area contributed by atoms with Gasteiger partial charge in [0.05, 0.1) is 5.60 Å². The van der Waals surface area contributed by atoms with Crippen LogP contribution < -0.4 is 0 Å². The van der Waals surface area contributed by atoms with Gasteiger partial charge in [-0.3, -0.25) is 0 Å². The first-order valence-electron chi connectivity index (χ1n) is 5.56. The van der Waals surface area contributed by atoms with E-state index in [9.17, 15) is 5.11 Å². The Labute approximate surface area is 81.9 Å². The largest absolute Gasteiger partial charge is 0.386 e. The normalized spacial score (nSPS) is 24.8. The highest BCUT2D eigenvalue weighted by molar-refractivity contribution is 5.00. The highest BCUT2D eigenvalue weighted by Gasteiger charge is 2.15. The zero-order valence-electron chi connectivity index (χ0n) is 8.92. The lowest BCUT2D eigenvalue weighted by Gasteiger charge is -2.21. The molecule has 0 saturated heterocycles. The second kappa shape index (κ2) is 4.80. The van der Waals surface area contributed by atoms with Crippen LogP contribution in [0.15, 0.2) is 12.2 Å². The Balaban J connectivity index is 2.37. The van der Waals surface area contributed by atoms with Gasteiger partial charge in [0.1, 0.15) is 0 Å². The molecule has 0 aromatic carbocycles. The number of aliphatic hydroxyl groups is 1. The molecule has 76 valence electrons. The van der Waals surface area contributed by atoms with Crippen molar-refractivity contribution in [2.75, 3.05) is 0 Å². The minimum atomic E-state index is -0.586. The van der Waals surface area contributed by atoms with E-state index in [2.05, 4.69) is 6.08 Å². The van der Waals surface area contributed by atoms with Gasteiger partial charge in [0.25, 0.3) is 0 Å². The molecular formula is C12H22O. The third-order valence-electron chi connectivity index (χ3n) is 3.09. The van der Waals surface area contributed by atoms with Crippen LogP contribution in [0.1, 0.15) is 52.4 Å². The van der Waals surface area contributed by atoms with Crippen LogP contribution in [-0.4, -0.2) is 10.7 Å². The van der Waals surface area contributed by atoms with E-state index in [1.165, 1.54) is 32.1 Å². The Kier molecular flexibility index (Phi) is 3.98. The molecule has 1 aliphatic carbocycles. The molecule has 1 N–H and O–H groups in total. The summed E-state index contributed by atoms with van der Waals surface area (Å²) < 4.78 is 0. The van der Waals surface area contributed by atoms with E-state index in [0.717, 1.165) is 12.3 Å². The quantitative estimate of drug-likeness (QED) is 0.664. The Bertz CT molecular complexity index is 164. The van der Waals surface area contributed by atoms with Crippen molar-refractivity contribution in [3.05, 3.63) is 12.2 Å². The summed E-state index contributed by atoms with van der Waals surface area (Å²) in [6, 6.07) is 0. The van der Waals surface area contributed by atoms with Crippen LogP contribution in [0.2, 0.25) is 0 Å². The van der Waals surface area contributed by atoms with Gasteiger partial charge >= 0.3 is 0 Å². The molecule has 0 aliphatic heterocycles. The predicted octanol–water partition coefficient (Wildman–Crippen LogP) is 3.28. The molecule has 1 unspecified atom stereocenters. The molecule has 0 aromatic rings. The van der Waals surface area contributed by atoms with Crippen LogP contribution in [0.3, 0.4) is 0 Å². The summed E-state index contributed by atoms with van der Waals surface area (Å²) >= 11 is 0. The lowest BCUT2D eigenvalue weighted by atomic mass is 9.87. The van der Waals surface area contributed by atoms with Crippen LogP contribution in [0.4, 0.5) is 0 Å². The molecule has 0 spiro atoms. The topological polar surface area (TPSA) is 20.2 Å². The maximum absolute atomic E-state index is 9.77. The van der Waals surface area contributed by atoms with Gasteiger partial charge in [-0.25, -0.2) is 0 Å². The summed E-state index contributed by atoms with van der Waals surface area (Å²) in [6.45, 7) is 3.90. The predicted molar refractivity (Wildman–Crippen MR) is 56.6 cm³/mol. The summed E-state index contributed by atoms with van der Waals surface area (Å²) in [5, 5.41) is 9.77. The monoisotopic (exact) mass is 182 g/mol. The minimum absolute atomic E-state index is 0.586. The molecule has 1 heteroatoms. The molecular weight excluding hydrogens is 160 g/mol. The van der Waals surface area contributed by atoms with E-state index in [1.54, 1.807) is 0 Å².